The van der Waals surface area contributed by atoms with Crippen LogP contribution in [0.15, 0.2) is 128 Å². The van der Waals surface area contributed by atoms with Crippen molar-refractivity contribution in [3.05, 3.63) is 150 Å². The standard InChI is InChI=1S/C39H34N2O3/c1-4-40(5-2)29-23-24-32(34(26-29)43-3)39(31-21-13-12-20-30(31)38(42)44-39)37-36(28-18-10-7-11-19-28)35(27-16-8-6-9-17-27)33-22-14-15-25-41(33)37/h6-26H,4-5H2,1-3H3. The van der Waals surface area contributed by atoms with Crippen molar-refractivity contribution in [2.45, 2.75) is 19.4 Å². The molecule has 218 valence electrons. The fraction of sp³-hybridized carbons (Fsp3) is 0.154. The third kappa shape index (κ3) is 4.11. The van der Waals surface area contributed by atoms with Crippen molar-refractivity contribution in [1.29, 1.82) is 0 Å². The molecular formula is C39H34N2O3. The van der Waals surface area contributed by atoms with E-state index in [0.717, 1.165) is 63.4 Å². The number of ether oxygens (including phenoxy) is 2. The van der Waals surface area contributed by atoms with E-state index in [1.54, 1.807) is 7.11 Å². The highest BCUT2D eigenvalue weighted by Crippen LogP contribution is 2.55. The summed E-state index contributed by atoms with van der Waals surface area (Å²) >= 11 is 0. The molecule has 6 aromatic rings. The summed E-state index contributed by atoms with van der Waals surface area (Å²) in [5.74, 6) is 0.298. The summed E-state index contributed by atoms with van der Waals surface area (Å²) in [7, 11) is 1.69. The van der Waals surface area contributed by atoms with E-state index in [-0.39, 0.29) is 5.97 Å². The first kappa shape index (κ1) is 27.5. The smallest absolute Gasteiger partial charge is 0.340 e. The van der Waals surface area contributed by atoms with Crippen LogP contribution in [0, 0.1) is 0 Å². The number of fused-ring (bicyclic) bond motifs is 2. The number of carbonyl (C=O) groups is 1. The van der Waals surface area contributed by atoms with Gasteiger partial charge in [0.15, 0.2) is 0 Å². The quantitative estimate of drug-likeness (QED) is 0.170. The van der Waals surface area contributed by atoms with Crippen LogP contribution in [0.4, 0.5) is 5.69 Å². The third-order valence-electron chi connectivity index (χ3n) is 8.77. The minimum absolute atomic E-state index is 0.360. The van der Waals surface area contributed by atoms with Gasteiger partial charge in [-0.1, -0.05) is 84.9 Å². The van der Waals surface area contributed by atoms with E-state index in [1.807, 2.05) is 42.5 Å². The van der Waals surface area contributed by atoms with Gasteiger partial charge >= 0.3 is 5.97 Å². The molecule has 0 N–H and O–H groups in total. The Morgan fingerprint density at radius 2 is 1.36 bits per heavy atom. The minimum Gasteiger partial charge on any atom is -0.496 e. The zero-order valence-electron chi connectivity index (χ0n) is 25.2. The number of hydrogen-bond donors (Lipinski definition) is 0. The molecule has 0 aliphatic carbocycles. The van der Waals surface area contributed by atoms with Crippen LogP contribution in [0.25, 0.3) is 27.8 Å². The highest BCUT2D eigenvalue weighted by atomic mass is 16.6. The number of benzene rings is 4. The molecule has 1 aliphatic rings. The molecule has 1 atom stereocenters. The average molecular weight is 579 g/mol. The number of nitrogens with zero attached hydrogens (tertiary/aromatic N) is 2. The Kier molecular flexibility index (Phi) is 6.94. The van der Waals surface area contributed by atoms with Crippen molar-refractivity contribution < 1.29 is 14.3 Å². The van der Waals surface area contributed by atoms with Crippen molar-refractivity contribution in [3.8, 4) is 28.0 Å². The van der Waals surface area contributed by atoms with E-state index in [1.165, 1.54) is 0 Å². The summed E-state index contributed by atoms with van der Waals surface area (Å²) in [4.78, 5) is 16.2. The molecule has 5 heteroatoms. The van der Waals surface area contributed by atoms with E-state index in [0.29, 0.717) is 11.3 Å². The molecule has 5 nitrogen and oxygen atoms in total. The summed E-state index contributed by atoms with van der Waals surface area (Å²) in [6, 6.07) is 41.0. The Hall–Kier alpha value is -5.29. The van der Waals surface area contributed by atoms with Crippen LogP contribution in [0.1, 0.15) is 41.0 Å². The Balaban J connectivity index is 1.67. The number of anilines is 1. The first-order valence-corrected chi connectivity index (χ1v) is 15.1. The van der Waals surface area contributed by atoms with Gasteiger partial charge in [-0.15, -0.1) is 0 Å². The summed E-state index contributed by atoms with van der Waals surface area (Å²) in [5, 5.41) is 0. The summed E-state index contributed by atoms with van der Waals surface area (Å²) in [6.07, 6.45) is 2.07. The molecule has 1 aliphatic heterocycles. The maximum absolute atomic E-state index is 13.9. The van der Waals surface area contributed by atoms with Gasteiger partial charge in [0.1, 0.15) is 5.75 Å². The van der Waals surface area contributed by atoms with Gasteiger partial charge < -0.3 is 18.8 Å². The average Bonchev–Trinajstić information content (AvgIpc) is 3.59. The predicted molar refractivity (Wildman–Crippen MR) is 177 cm³/mol. The van der Waals surface area contributed by atoms with Crippen LogP contribution in [0.5, 0.6) is 5.75 Å². The van der Waals surface area contributed by atoms with Gasteiger partial charge in [-0.05, 0) is 55.3 Å². The number of esters is 1. The lowest BCUT2D eigenvalue weighted by atomic mass is 9.78. The van der Waals surface area contributed by atoms with Crippen LogP contribution in [-0.4, -0.2) is 30.6 Å². The molecule has 3 heterocycles. The van der Waals surface area contributed by atoms with Crippen LogP contribution in [-0.2, 0) is 10.3 Å². The predicted octanol–water partition coefficient (Wildman–Crippen LogP) is 8.59. The van der Waals surface area contributed by atoms with Gasteiger partial charge in [0, 0.05) is 53.3 Å². The molecule has 2 aromatic heterocycles. The molecule has 0 bridgehead atoms. The van der Waals surface area contributed by atoms with Crippen molar-refractivity contribution in [2.24, 2.45) is 0 Å². The van der Waals surface area contributed by atoms with Gasteiger partial charge in [0.25, 0.3) is 0 Å². The van der Waals surface area contributed by atoms with Crippen LogP contribution >= 0.6 is 0 Å². The fourth-order valence-corrected chi connectivity index (χ4v) is 6.81. The number of cyclic esters (lactones) is 1. The molecule has 44 heavy (non-hydrogen) atoms. The van der Waals surface area contributed by atoms with Crippen molar-refractivity contribution in [2.75, 3.05) is 25.1 Å². The number of pyridine rings is 1. The topological polar surface area (TPSA) is 43.2 Å². The second-order valence-electron chi connectivity index (χ2n) is 11.0. The number of carbonyl (C=O) groups excluding carboxylic acids is 1. The van der Waals surface area contributed by atoms with E-state index in [2.05, 4.69) is 108 Å². The lowest BCUT2D eigenvalue weighted by Gasteiger charge is -2.33. The monoisotopic (exact) mass is 578 g/mol. The maximum Gasteiger partial charge on any atom is 0.340 e. The van der Waals surface area contributed by atoms with Gasteiger partial charge in [0.05, 0.1) is 23.9 Å². The Labute approximate surface area is 257 Å². The lowest BCUT2D eigenvalue weighted by Crippen LogP contribution is -2.32. The van der Waals surface area contributed by atoms with Crippen molar-refractivity contribution in [3.63, 3.8) is 0 Å². The van der Waals surface area contributed by atoms with E-state index in [9.17, 15) is 4.79 Å². The Morgan fingerprint density at radius 3 is 2.05 bits per heavy atom. The van der Waals surface area contributed by atoms with Gasteiger partial charge in [-0.2, -0.15) is 0 Å². The molecule has 4 aromatic carbocycles. The van der Waals surface area contributed by atoms with Crippen molar-refractivity contribution in [1.82, 2.24) is 4.40 Å². The molecule has 1 unspecified atom stereocenters. The highest BCUT2D eigenvalue weighted by Gasteiger charge is 2.53. The molecule has 0 saturated heterocycles. The number of aromatic nitrogens is 1. The zero-order valence-corrected chi connectivity index (χ0v) is 25.2. The summed E-state index contributed by atoms with van der Waals surface area (Å²) in [6.45, 7) is 6.02. The second kappa shape index (κ2) is 11.1. The van der Waals surface area contributed by atoms with Gasteiger partial charge in [-0.3, -0.25) is 0 Å². The summed E-state index contributed by atoms with van der Waals surface area (Å²) < 4.78 is 15.1. The first-order chi connectivity index (χ1) is 21.6. The van der Waals surface area contributed by atoms with Gasteiger partial charge in [-0.25, -0.2) is 4.79 Å². The fourth-order valence-electron chi connectivity index (χ4n) is 6.81. The first-order valence-electron chi connectivity index (χ1n) is 15.1. The Bertz CT molecular complexity index is 1980. The van der Waals surface area contributed by atoms with Crippen LogP contribution < -0.4 is 9.64 Å². The highest BCUT2D eigenvalue weighted by molar-refractivity contribution is 6.01. The molecule has 0 fully saturated rings. The number of rotatable bonds is 8. The van der Waals surface area contributed by atoms with Gasteiger partial charge in [0.2, 0.25) is 5.60 Å². The number of methoxy groups -OCH3 is 1. The number of hydrogen-bond acceptors (Lipinski definition) is 4. The van der Waals surface area contributed by atoms with E-state index in [4.69, 9.17) is 9.47 Å². The molecule has 0 spiro atoms. The SMILES string of the molecule is CCN(CC)c1ccc(C2(c3c(-c4ccccc4)c(-c4ccccc4)c4ccccn34)OC(=O)c3ccccc32)c(OC)c1. The zero-order chi connectivity index (χ0) is 30.3. The molecular weight excluding hydrogens is 544 g/mol. The normalized spacial score (nSPS) is 15.7. The van der Waals surface area contributed by atoms with E-state index < -0.39 is 5.60 Å². The van der Waals surface area contributed by atoms with Crippen molar-refractivity contribution >= 4 is 17.2 Å². The Morgan fingerprint density at radius 1 is 0.727 bits per heavy atom. The molecule has 0 radical (unpaired) electrons. The minimum atomic E-state index is -1.30. The maximum atomic E-state index is 13.9. The largest absolute Gasteiger partial charge is 0.496 e. The molecule has 0 amide bonds. The second-order valence-corrected chi connectivity index (χ2v) is 11.0. The third-order valence-corrected chi connectivity index (χ3v) is 8.77. The lowest BCUT2D eigenvalue weighted by molar-refractivity contribution is 0.0232. The van der Waals surface area contributed by atoms with E-state index >= 15 is 0 Å². The molecule has 7 rings (SSSR count). The summed E-state index contributed by atoms with van der Waals surface area (Å²) in [5.41, 5.74) is 7.92. The van der Waals surface area contributed by atoms with Crippen LogP contribution in [0.2, 0.25) is 0 Å². The molecule has 0 saturated carbocycles. The van der Waals surface area contributed by atoms with Crippen LogP contribution in [0.3, 0.4) is 0 Å².